The predicted octanol–water partition coefficient (Wildman–Crippen LogP) is -0.313. The third-order valence-corrected chi connectivity index (χ3v) is 2.39. The third-order valence-electron chi connectivity index (χ3n) is 2.39. The van der Waals surface area contributed by atoms with Crippen molar-refractivity contribution in [2.24, 2.45) is 0 Å². The normalized spacial score (nSPS) is 21.7. The molecule has 0 unspecified atom stereocenters. The lowest BCUT2D eigenvalue weighted by molar-refractivity contribution is -0.148. The maximum Gasteiger partial charge on any atom is 0.323 e. The summed E-state index contributed by atoms with van der Waals surface area (Å²) in [5, 5.41) is 11.7. The number of piperazine rings is 1. The smallest absolute Gasteiger partial charge is 0.323 e. The summed E-state index contributed by atoms with van der Waals surface area (Å²) in [6.07, 6.45) is 0. The first-order chi connectivity index (χ1) is 7.79. The lowest BCUT2D eigenvalue weighted by Gasteiger charge is -2.33. The van der Waals surface area contributed by atoms with Crippen LogP contribution in [0.15, 0.2) is 0 Å². The topological polar surface area (TPSA) is 78.9 Å². The van der Waals surface area contributed by atoms with Crippen LogP contribution < -0.4 is 5.32 Å². The van der Waals surface area contributed by atoms with Gasteiger partial charge in [-0.25, -0.2) is 0 Å². The molecule has 98 valence electrons. The van der Waals surface area contributed by atoms with E-state index < -0.39 is 12.0 Å². The number of nitrogens with one attached hydrogen (secondary N) is 1. The molecule has 0 aromatic heterocycles. The monoisotopic (exact) mass is 244 g/mol. The summed E-state index contributed by atoms with van der Waals surface area (Å²) >= 11 is 0. The summed E-state index contributed by atoms with van der Waals surface area (Å²) in [5.41, 5.74) is -0.308. The van der Waals surface area contributed by atoms with Crippen molar-refractivity contribution in [2.75, 3.05) is 26.2 Å². The summed E-state index contributed by atoms with van der Waals surface area (Å²) in [7, 11) is 0. The number of carboxylic acid groups (broad SMARTS) is 1. The van der Waals surface area contributed by atoms with Crippen molar-refractivity contribution in [3.05, 3.63) is 0 Å². The van der Waals surface area contributed by atoms with Crippen molar-refractivity contribution in [1.82, 2.24) is 10.2 Å². The lowest BCUT2D eigenvalue weighted by atomic mass is 10.1. The Bertz CT molecular complexity index is 298. The summed E-state index contributed by atoms with van der Waals surface area (Å²) in [5.74, 6) is -1.20. The van der Waals surface area contributed by atoms with E-state index in [-0.39, 0.29) is 24.7 Å². The number of hydrogen-bond acceptors (Lipinski definition) is 4. The first-order valence-electron chi connectivity index (χ1n) is 5.67. The van der Waals surface area contributed by atoms with E-state index in [1.807, 2.05) is 20.8 Å². The van der Waals surface area contributed by atoms with E-state index in [9.17, 15) is 9.59 Å². The fraction of sp³-hybridized carbons (Fsp3) is 0.818. The van der Waals surface area contributed by atoms with Gasteiger partial charge in [0.2, 0.25) is 5.91 Å². The van der Waals surface area contributed by atoms with Crippen LogP contribution in [-0.4, -0.2) is 59.8 Å². The molecule has 0 bridgehead atoms. The van der Waals surface area contributed by atoms with Gasteiger partial charge < -0.3 is 20.1 Å². The van der Waals surface area contributed by atoms with Crippen molar-refractivity contribution in [1.29, 1.82) is 0 Å². The number of carbonyl (C=O) groups is 2. The van der Waals surface area contributed by atoms with E-state index in [0.717, 1.165) is 0 Å². The Morgan fingerprint density at radius 3 is 2.76 bits per heavy atom. The van der Waals surface area contributed by atoms with Crippen LogP contribution in [0.5, 0.6) is 0 Å². The molecule has 1 aliphatic rings. The largest absolute Gasteiger partial charge is 0.480 e. The molecule has 0 aromatic carbocycles. The third kappa shape index (κ3) is 4.70. The van der Waals surface area contributed by atoms with Crippen LogP contribution in [0, 0.1) is 0 Å². The van der Waals surface area contributed by atoms with E-state index >= 15 is 0 Å². The highest BCUT2D eigenvalue weighted by Gasteiger charge is 2.30. The summed E-state index contributed by atoms with van der Waals surface area (Å²) < 4.78 is 5.54. The second kappa shape index (κ2) is 5.46. The number of hydrogen-bond donors (Lipinski definition) is 2. The Morgan fingerprint density at radius 1 is 1.59 bits per heavy atom. The number of nitrogens with zero attached hydrogens (tertiary/aromatic N) is 1. The van der Waals surface area contributed by atoms with E-state index in [1.165, 1.54) is 4.90 Å². The minimum Gasteiger partial charge on any atom is -0.480 e. The molecule has 1 fully saturated rings. The van der Waals surface area contributed by atoms with Crippen molar-refractivity contribution in [2.45, 2.75) is 32.4 Å². The first kappa shape index (κ1) is 13.9. The first-order valence-corrected chi connectivity index (χ1v) is 5.67. The van der Waals surface area contributed by atoms with Crippen molar-refractivity contribution >= 4 is 11.9 Å². The Hall–Kier alpha value is -1.14. The van der Waals surface area contributed by atoms with Gasteiger partial charge in [0, 0.05) is 13.1 Å². The second-order valence-corrected chi connectivity index (χ2v) is 5.08. The standard InChI is InChI=1S/C11H20N2O4/c1-11(2,3)17-7-8-10(16)13(5-4-12-8)6-9(14)15/h8,12H,4-7H2,1-3H3,(H,14,15)/t8-/m0/s1. The Kier molecular flexibility index (Phi) is 4.47. The van der Waals surface area contributed by atoms with E-state index in [0.29, 0.717) is 13.1 Å². The van der Waals surface area contributed by atoms with Gasteiger partial charge in [-0.15, -0.1) is 0 Å². The van der Waals surface area contributed by atoms with Crippen LogP contribution in [0.3, 0.4) is 0 Å². The van der Waals surface area contributed by atoms with E-state index in [4.69, 9.17) is 9.84 Å². The molecule has 2 N–H and O–H groups in total. The molecule has 17 heavy (non-hydrogen) atoms. The highest BCUT2D eigenvalue weighted by molar-refractivity contribution is 5.86. The number of amides is 1. The zero-order valence-electron chi connectivity index (χ0n) is 10.5. The highest BCUT2D eigenvalue weighted by Crippen LogP contribution is 2.09. The number of aliphatic carboxylic acids is 1. The molecule has 0 saturated carbocycles. The number of rotatable bonds is 4. The molecule has 0 aromatic rings. The molecule has 6 nitrogen and oxygen atoms in total. The molecular weight excluding hydrogens is 224 g/mol. The molecule has 6 heteroatoms. The number of carboxylic acids is 1. The lowest BCUT2D eigenvalue weighted by Crippen LogP contribution is -2.58. The quantitative estimate of drug-likeness (QED) is 0.709. The molecule has 1 aliphatic heterocycles. The zero-order chi connectivity index (χ0) is 13.1. The molecule has 0 aliphatic carbocycles. The molecular formula is C11H20N2O4. The van der Waals surface area contributed by atoms with Gasteiger partial charge in [-0.2, -0.15) is 0 Å². The fourth-order valence-corrected chi connectivity index (χ4v) is 1.58. The van der Waals surface area contributed by atoms with E-state index in [2.05, 4.69) is 5.32 Å². The fourth-order valence-electron chi connectivity index (χ4n) is 1.58. The average Bonchev–Trinajstić information content (AvgIpc) is 2.17. The molecule has 1 amide bonds. The van der Waals surface area contributed by atoms with Gasteiger partial charge in [-0.1, -0.05) is 0 Å². The van der Waals surface area contributed by atoms with Crippen LogP contribution in [-0.2, 0) is 14.3 Å². The van der Waals surface area contributed by atoms with Gasteiger partial charge in [0.05, 0.1) is 12.2 Å². The molecule has 1 atom stereocenters. The van der Waals surface area contributed by atoms with Gasteiger partial charge in [0.25, 0.3) is 0 Å². The van der Waals surface area contributed by atoms with Gasteiger partial charge in [0.1, 0.15) is 12.6 Å². The SMILES string of the molecule is CC(C)(C)OC[C@@H]1NCCN(CC(=O)O)C1=O. The molecule has 1 heterocycles. The molecule has 1 saturated heterocycles. The van der Waals surface area contributed by atoms with Crippen LogP contribution in [0.4, 0.5) is 0 Å². The van der Waals surface area contributed by atoms with E-state index in [1.54, 1.807) is 0 Å². The molecule has 1 rings (SSSR count). The minimum absolute atomic E-state index is 0.206. The van der Waals surface area contributed by atoms with Crippen molar-refractivity contribution in [3.63, 3.8) is 0 Å². The maximum absolute atomic E-state index is 11.9. The molecule has 0 radical (unpaired) electrons. The van der Waals surface area contributed by atoms with Crippen LogP contribution in [0.1, 0.15) is 20.8 Å². The predicted molar refractivity (Wildman–Crippen MR) is 61.7 cm³/mol. The Morgan fingerprint density at radius 2 is 2.24 bits per heavy atom. The van der Waals surface area contributed by atoms with Gasteiger partial charge in [-0.05, 0) is 20.8 Å². The summed E-state index contributed by atoms with van der Waals surface area (Å²) in [4.78, 5) is 23.8. The zero-order valence-corrected chi connectivity index (χ0v) is 10.5. The average molecular weight is 244 g/mol. The van der Waals surface area contributed by atoms with Crippen LogP contribution >= 0.6 is 0 Å². The van der Waals surface area contributed by atoms with Crippen molar-refractivity contribution < 1.29 is 19.4 Å². The highest BCUT2D eigenvalue weighted by atomic mass is 16.5. The number of carbonyl (C=O) groups excluding carboxylic acids is 1. The second-order valence-electron chi connectivity index (χ2n) is 5.08. The van der Waals surface area contributed by atoms with Crippen LogP contribution in [0.2, 0.25) is 0 Å². The van der Waals surface area contributed by atoms with Gasteiger partial charge in [-0.3, -0.25) is 9.59 Å². The van der Waals surface area contributed by atoms with Crippen molar-refractivity contribution in [3.8, 4) is 0 Å². The maximum atomic E-state index is 11.9. The summed E-state index contributed by atoms with van der Waals surface area (Å²) in [6, 6.07) is -0.442. The minimum atomic E-state index is -0.990. The summed E-state index contributed by atoms with van der Waals surface area (Å²) in [6.45, 7) is 6.78. The van der Waals surface area contributed by atoms with Gasteiger partial charge in [0.15, 0.2) is 0 Å². The number of ether oxygens (including phenoxy) is 1. The Labute approximate surface area is 101 Å². The molecule has 0 spiro atoms. The van der Waals surface area contributed by atoms with Gasteiger partial charge >= 0.3 is 5.97 Å². The van der Waals surface area contributed by atoms with Crippen LogP contribution in [0.25, 0.3) is 0 Å². The Balaban J connectivity index is 2.50.